The first kappa shape index (κ1) is 8.74. The van der Waals surface area contributed by atoms with E-state index in [4.69, 9.17) is 0 Å². The zero-order valence-electron chi connectivity index (χ0n) is 8.64. The molecule has 70 valence electrons. The zero-order valence-corrected chi connectivity index (χ0v) is 8.64. The summed E-state index contributed by atoms with van der Waals surface area (Å²) in [5.41, 5.74) is 4.78. The van der Waals surface area contributed by atoms with E-state index in [0.29, 0.717) is 0 Å². The van der Waals surface area contributed by atoms with E-state index in [-0.39, 0.29) is 0 Å². The van der Waals surface area contributed by atoms with Crippen LogP contribution >= 0.6 is 0 Å². The Balaban J connectivity index is 2.52. The first-order chi connectivity index (χ1) is 6.33. The first-order valence-electron chi connectivity index (χ1n) is 5.32. The van der Waals surface area contributed by atoms with Crippen LogP contribution in [-0.4, -0.2) is 0 Å². The number of rotatable bonds is 1. The van der Waals surface area contributed by atoms with Gasteiger partial charge in [0.25, 0.3) is 0 Å². The summed E-state index contributed by atoms with van der Waals surface area (Å²) in [5.74, 6) is 0. The molecule has 0 fully saturated rings. The van der Waals surface area contributed by atoms with Crippen molar-refractivity contribution in [3.8, 4) is 0 Å². The van der Waals surface area contributed by atoms with Crippen molar-refractivity contribution in [1.29, 1.82) is 0 Å². The SMILES string of the molecule is CCc1c2c(cc[n+]1C)CCCC2. The van der Waals surface area contributed by atoms with E-state index >= 15 is 0 Å². The quantitative estimate of drug-likeness (QED) is 0.576. The molecular formula is C12H18N+. The van der Waals surface area contributed by atoms with E-state index in [1.807, 2.05) is 0 Å². The second-order valence-electron chi connectivity index (χ2n) is 3.94. The van der Waals surface area contributed by atoms with E-state index < -0.39 is 0 Å². The van der Waals surface area contributed by atoms with E-state index in [0.717, 1.165) is 0 Å². The zero-order chi connectivity index (χ0) is 9.26. The van der Waals surface area contributed by atoms with Gasteiger partial charge in [0, 0.05) is 18.1 Å². The largest absolute Gasteiger partial charge is 0.205 e. The monoisotopic (exact) mass is 176 g/mol. The van der Waals surface area contributed by atoms with E-state index in [1.54, 1.807) is 11.1 Å². The first-order valence-corrected chi connectivity index (χ1v) is 5.32. The van der Waals surface area contributed by atoms with Crippen LogP contribution in [0.1, 0.15) is 36.6 Å². The minimum Gasteiger partial charge on any atom is -0.205 e. The van der Waals surface area contributed by atoms with Gasteiger partial charge < -0.3 is 0 Å². The topological polar surface area (TPSA) is 3.88 Å². The molecule has 0 spiro atoms. The smallest absolute Gasteiger partial charge is 0.184 e. The number of aromatic nitrogens is 1. The van der Waals surface area contributed by atoms with Crippen LogP contribution in [0, 0.1) is 0 Å². The molecule has 0 N–H and O–H groups in total. The van der Waals surface area contributed by atoms with Crippen LogP contribution in [0.2, 0.25) is 0 Å². The van der Waals surface area contributed by atoms with E-state index in [9.17, 15) is 0 Å². The number of hydrogen-bond donors (Lipinski definition) is 0. The summed E-state index contributed by atoms with van der Waals surface area (Å²) in [4.78, 5) is 0. The minimum absolute atomic E-state index is 1.17. The van der Waals surface area contributed by atoms with Gasteiger partial charge in [-0.15, -0.1) is 0 Å². The van der Waals surface area contributed by atoms with Crippen LogP contribution in [0.4, 0.5) is 0 Å². The Bertz CT molecular complexity index is 315. The predicted molar refractivity (Wildman–Crippen MR) is 53.6 cm³/mol. The van der Waals surface area contributed by atoms with Crippen LogP contribution in [0.3, 0.4) is 0 Å². The average Bonchev–Trinajstić information content (AvgIpc) is 2.18. The van der Waals surface area contributed by atoms with Crippen molar-refractivity contribution in [2.45, 2.75) is 39.0 Å². The average molecular weight is 176 g/mol. The predicted octanol–water partition coefficient (Wildman–Crippen LogP) is 1.95. The van der Waals surface area contributed by atoms with Gasteiger partial charge in [-0.05, 0) is 31.2 Å². The summed E-state index contributed by atoms with van der Waals surface area (Å²) < 4.78 is 2.28. The third-order valence-corrected chi connectivity index (χ3v) is 3.12. The van der Waals surface area contributed by atoms with Crippen LogP contribution in [0.25, 0.3) is 0 Å². The molecule has 0 amide bonds. The Morgan fingerprint density at radius 3 is 2.85 bits per heavy atom. The van der Waals surface area contributed by atoms with Crippen molar-refractivity contribution < 1.29 is 4.57 Å². The van der Waals surface area contributed by atoms with Crippen LogP contribution in [-0.2, 0) is 26.3 Å². The Hall–Kier alpha value is -0.850. The van der Waals surface area contributed by atoms with Gasteiger partial charge in [-0.2, -0.15) is 0 Å². The molecule has 0 aromatic carbocycles. The lowest BCUT2D eigenvalue weighted by Crippen LogP contribution is -2.35. The molecule has 0 bridgehead atoms. The molecule has 1 heteroatoms. The summed E-state index contributed by atoms with van der Waals surface area (Å²) in [7, 11) is 2.16. The third-order valence-electron chi connectivity index (χ3n) is 3.12. The number of hydrogen-bond acceptors (Lipinski definition) is 0. The highest BCUT2D eigenvalue weighted by Gasteiger charge is 2.18. The van der Waals surface area contributed by atoms with Crippen molar-refractivity contribution in [3.05, 3.63) is 29.1 Å². The van der Waals surface area contributed by atoms with Crippen molar-refractivity contribution in [3.63, 3.8) is 0 Å². The Labute approximate surface area is 80.4 Å². The van der Waals surface area contributed by atoms with Crippen LogP contribution in [0.5, 0.6) is 0 Å². The Kier molecular flexibility index (Phi) is 2.34. The summed E-state index contributed by atoms with van der Waals surface area (Å²) in [6, 6.07) is 2.30. The van der Waals surface area contributed by atoms with Gasteiger partial charge in [0.05, 0.1) is 0 Å². The fraction of sp³-hybridized carbons (Fsp3) is 0.583. The van der Waals surface area contributed by atoms with Crippen LogP contribution < -0.4 is 4.57 Å². The van der Waals surface area contributed by atoms with Gasteiger partial charge in [-0.3, -0.25) is 0 Å². The lowest BCUT2D eigenvalue weighted by molar-refractivity contribution is -0.679. The number of aryl methyl sites for hydroxylation is 2. The molecule has 0 atom stereocenters. The summed E-state index contributed by atoms with van der Waals surface area (Å²) in [6.45, 7) is 2.25. The molecule has 1 heterocycles. The highest BCUT2D eigenvalue weighted by Crippen LogP contribution is 2.22. The molecular weight excluding hydrogens is 158 g/mol. The van der Waals surface area contributed by atoms with E-state index in [1.165, 1.54) is 37.8 Å². The number of pyridine rings is 1. The standard InChI is InChI=1S/C12H18N/c1-3-12-11-7-5-4-6-10(11)8-9-13(12)2/h8-9H,3-7H2,1-2H3/q+1. The maximum absolute atomic E-state index is 2.30. The highest BCUT2D eigenvalue weighted by atomic mass is 14.9. The highest BCUT2D eigenvalue weighted by molar-refractivity contribution is 5.29. The Morgan fingerprint density at radius 2 is 2.08 bits per heavy atom. The second kappa shape index (κ2) is 3.49. The summed E-state index contributed by atoms with van der Waals surface area (Å²) >= 11 is 0. The maximum atomic E-state index is 2.30. The molecule has 1 aliphatic rings. The summed E-state index contributed by atoms with van der Waals surface area (Å²) in [6.07, 6.45) is 8.73. The molecule has 1 aromatic rings. The number of nitrogens with zero attached hydrogens (tertiary/aromatic N) is 1. The molecule has 0 saturated heterocycles. The molecule has 0 saturated carbocycles. The fourth-order valence-electron chi connectivity index (χ4n) is 2.41. The molecule has 2 rings (SSSR count). The van der Waals surface area contributed by atoms with Gasteiger partial charge in [-0.25, -0.2) is 4.57 Å². The van der Waals surface area contributed by atoms with E-state index in [2.05, 4.69) is 30.8 Å². The molecule has 0 radical (unpaired) electrons. The van der Waals surface area contributed by atoms with Gasteiger partial charge >= 0.3 is 0 Å². The normalized spacial score (nSPS) is 15.5. The fourth-order valence-corrected chi connectivity index (χ4v) is 2.41. The number of fused-ring (bicyclic) bond motifs is 1. The molecule has 1 nitrogen and oxygen atoms in total. The molecule has 1 aliphatic carbocycles. The molecule has 0 unspecified atom stereocenters. The van der Waals surface area contributed by atoms with Crippen LogP contribution in [0.15, 0.2) is 12.3 Å². The minimum atomic E-state index is 1.17. The van der Waals surface area contributed by atoms with Crippen molar-refractivity contribution in [1.82, 2.24) is 0 Å². The van der Waals surface area contributed by atoms with Gasteiger partial charge in [0.1, 0.15) is 7.05 Å². The van der Waals surface area contributed by atoms with Crippen molar-refractivity contribution >= 4 is 0 Å². The van der Waals surface area contributed by atoms with Gasteiger partial charge in [0.2, 0.25) is 0 Å². The Morgan fingerprint density at radius 1 is 1.31 bits per heavy atom. The van der Waals surface area contributed by atoms with Gasteiger partial charge in [-0.1, -0.05) is 6.92 Å². The third kappa shape index (κ3) is 1.48. The summed E-state index contributed by atoms with van der Waals surface area (Å²) in [5, 5.41) is 0. The second-order valence-corrected chi connectivity index (χ2v) is 3.94. The maximum Gasteiger partial charge on any atom is 0.184 e. The lowest BCUT2D eigenvalue weighted by atomic mass is 9.90. The molecule has 13 heavy (non-hydrogen) atoms. The van der Waals surface area contributed by atoms with Gasteiger partial charge in [0.15, 0.2) is 11.9 Å². The van der Waals surface area contributed by atoms with Crippen molar-refractivity contribution in [2.75, 3.05) is 0 Å². The molecule has 0 aliphatic heterocycles. The lowest BCUT2D eigenvalue weighted by Gasteiger charge is -2.16. The van der Waals surface area contributed by atoms with Crippen molar-refractivity contribution in [2.24, 2.45) is 7.05 Å². The molecule has 1 aromatic heterocycles.